The van der Waals surface area contributed by atoms with Crippen molar-refractivity contribution in [3.8, 4) is 29.0 Å². The van der Waals surface area contributed by atoms with E-state index >= 15 is 0 Å². The number of rotatable bonds is 2. The molecule has 2 aromatic carbocycles. The molecule has 0 fully saturated rings. The van der Waals surface area contributed by atoms with Crippen LogP contribution in [0.25, 0.3) is 11.1 Å². The van der Waals surface area contributed by atoms with Crippen molar-refractivity contribution in [2.45, 2.75) is 0 Å². The van der Waals surface area contributed by atoms with Gasteiger partial charge in [0.15, 0.2) is 18.4 Å². The first-order valence-corrected chi connectivity index (χ1v) is 5.34. The highest BCUT2D eigenvalue weighted by Gasteiger charge is 2.02. The van der Waals surface area contributed by atoms with Crippen LogP contribution in [-0.2, 0) is 0 Å². The van der Waals surface area contributed by atoms with Gasteiger partial charge in [-0.2, -0.15) is 10.5 Å². The minimum Gasteiger partial charge on any atom is -0.507 e. The normalized spacial score (nSPS) is 8.32. The lowest BCUT2D eigenvalue weighted by Crippen LogP contribution is -1.83. The molecule has 2 rings (SSSR count). The van der Waals surface area contributed by atoms with Crippen LogP contribution >= 0.6 is 0 Å². The van der Waals surface area contributed by atoms with Gasteiger partial charge < -0.3 is 5.11 Å². The van der Waals surface area contributed by atoms with Gasteiger partial charge in [0, 0.05) is 0 Å². The van der Waals surface area contributed by atoms with Crippen LogP contribution in [-0.4, -0.2) is 11.4 Å². The number of benzene rings is 2. The van der Waals surface area contributed by atoms with Gasteiger partial charge in [-0.3, -0.25) is 4.79 Å². The molecule has 0 bridgehead atoms. The molecule has 0 spiro atoms. The van der Waals surface area contributed by atoms with Gasteiger partial charge in [-0.25, -0.2) is 0 Å². The number of hydrogen-bond acceptors (Lipinski definition) is 4. The Morgan fingerprint density at radius 2 is 1.58 bits per heavy atom. The van der Waals surface area contributed by atoms with Crippen molar-refractivity contribution >= 4 is 6.29 Å². The highest BCUT2D eigenvalue weighted by atomic mass is 16.3. The first-order chi connectivity index (χ1) is 9.22. The van der Waals surface area contributed by atoms with E-state index in [9.17, 15) is 9.90 Å². The molecule has 0 amide bonds. The Balaban J connectivity index is 0.000000399. The lowest BCUT2D eigenvalue weighted by atomic mass is 10.0. The first-order valence-electron chi connectivity index (χ1n) is 5.34. The van der Waals surface area contributed by atoms with E-state index in [1.54, 1.807) is 12.1 Å². The molecule has 4 heteroatoms. The van der Waals surface area contributed by atoms with E-state index in [0.717, 1.165) is 11.1 Å². The summed E-state index contributed by atoms with van der Waals surface area (Å²) in [5.41, 5.74) is 2.27. The Morgan fingerprint density at radius 3 is 2.11 bits per heavy atom. The maximum absolute atomic E-state index is 10.7. The minimum absolute atomic E-state index is 0.0182. The fraction of sp³-hybridized carbons (Fsp3) is 0. The number of phenolic OH excluding ortho intramolecular Hbond substituents is 1. The van der Waals surface area contributed by atoms with E-state index in [-0.39, 0.29) is 5.75 Å². The minimum atomic E-state index is 0.0182. The van der Waals surface area contributed by atoms with Crippen molar-refractivity contribution in [3.05, 3.63) is 54.1 Å². The average molecular weight is 250 g/mol. The number of hydrogen-bond donors (Lipinski definition) is 1. The van der Waals surface area contributed by atoms with Gasteiger partial charge in [0.2, 0.25) is 0 Å². The molecule has 0 atom stereocenters. The van der Waals surface area contributed by atoms with Gasteiger partial charge in [0.25, 0.3) is 0 Å². The summed E-state index contributed by atoms with van der Waals surface area (Å²) in [5, 5.41) is 23.9. The molecule has 0 aliphatic rings. The summed E-state index contributed by atoms with van der Waals surface area (Å²) in [6, 6.07) is 17.2. The predicted molar refractivity (Wildman–Crippen MR) is 70.2 cm³/mol. The topological polar surface area (TPSA) is 84.9 Å². The number of nitrogens with zero attached hydrogens (tertiary/aromatic N) is 2. The molecule has 0 heterocycles. The summed E-state index contributed by atoms with van der Waals surface area (Å²) in [7, 11) is 0. The number of aromatic hydroxyl groups is 1. The highest BCUT2D eigenvalue weighted by molar-refractivity contribution is 5.82. The third-order valence-electron chi connectivity index (χ3n) is 2.31. The first kappa shape index (κ1) is 14.0. The zero-order valence-electron chi connectivity index (χ0n) is 9.95. The molecule has 0 aliphatic heterocycles. The summed E-state index contributed by atoms with van der Waals surface area (Å²) in [6.45, 7) is 0. The maximum atomic E-state index is 10.7. The average Bonchev–Trinajstić information content (AvgIpc) is 2.49. The quantitative estimate of drug-likeness (QED) is 0.830. The van der Waals surface area contributed by atoms with Crippen LogP contribution in [0.1, 0.15) is 10.4 Å². The van der Waals surface area contributed by atoms with Crippen LogP contribution in [0.2, 0.25) is 0 Å². The van der Waals surface area contributed by atoms with E-state index < -0.39 is 0 Å². The number of carbonyl (C=O) groups is 1. The van der Waals surface area contributed by atoms with E-state index in [4.69, 9.17) is 10.5 Å². The van der Waals surface area contributed by atoms with Crippen molar-refractivity contribution in [2.75, 3.05) is 0 Å². The molecule has 4 nitrogen and oxygen atoms in total. The fourth-order valence-electron chi connectivity index (χ4n) is 1.46. The van der Waals surface area contributed by atoms with Crippen molar-refractivity contribution in [1.29, 1.82) is 10.5 Å². The van der Waals surface area contributed by atoms with Crippen LogP contribution in [0.15, 0.2) is 48.5 Å². The van der Waals surface area contributed by atoms with Crippen molar-refractivity contribution in [3.63, 3.8) is 0 Å². The second-order valence-corrected chi connectivity index (χ2v) is 3.48. The molecular formula is C15H10N2O2. The molecule has 0 unspecified atom stereocenters. The number of aldehydes is 1. The van der Waals surface area contributed by atoms with Crippen LogP contribution in [0.5, 0.6) is 5.75 Å². The maximum Gasteiger partial charge on any atom is 0.181 e. The third kappa shape index (κ3) is 3.99. The molecule has 0 aliphatic carbocycles. The Morgan fingerprint density at radius 1 is 0.947 bits per heavy atom. The lowest BCUT2D eigenvalue weighted by molar-refractivity contribution is 0.112. The van der Waals surface area contributed by atoms with Gasteiger partial charge in [-0.1, -0.05) is 36.4 Å². The third-order valence-corrected chi connectivity index (χ3v) is 2.31. The van der Waals surface area contributed by atoms with E-state index in [1.165, 1.54) is 18.2 Å². The Kier molecular flexibility index (Phi) is 5.33. The Bertz CT molecular complexity index is 625. The molecule has 0 radical (unpaired) electrons. The summed E-state index contributed by atoms with van der Waals surface area (Å²) >= 11 is 0. The second-order valence-electron chi connectivity index (χ2n) is 3.48. The van der Waals surface area contributed by atoms with E-state index in [1.807, 2.05) is 30.3 Å². The number of nitriles is 2. The van der Waals surface area contributed by atoms with Crippen LogP contribution < -0.4 is 0 Å². The molecule has 0 saturated heterocycles. The Labute approximate surface area is 110 Å². The van der Waals surface area contributed by atoms with E-state index in [2.05, 4.69) is 0 Å². The second kappa shape index (κ2) is 7.26. The van der Waals surface area contributed by atoms with Crippen molar-refractivity contribution < 1.29 is 9.90 Å². The summed E-state index contributed by atoms with van der Waals surface area (Å²) in [6.07, 6.45) is 0.655. The zero-order valence-corrected chi connectivity index (χ0v) is 9.95. The van der Waals surface area contributed by atoms with Crippen LogP contribution in [0.3, 0.4) is 0 Å². The molecule has 0 saturated carbocycles. The molecule has 19 heavy (non-hydrogen) atoms. The van der Waals surface area contributed by atoms with E-state index in [0.29, 0.717) is 11.8 Å². The highest BCUT2D eigenvalue weighted by Crippen LogP contribution is 2.24. The number of phenols is 1. The summed E-state index contributed by atoms with van der Waals surface area (Å²) in [4.78, 5) is 10.7. The lowest BCUT2D eigenvalue weighted by Gasteiger charge is -2.03. The SMILES string of the molecule is N#CC#N.O=Cc1cc(-c2ccccc2)ccc1O. The largest absolute Gasteiger partial charge is 0.507 e. The monoisotopic (exact) mass is 250 g/mol. The summed E-state index contributed by atoms with van der Waals surface area (Å²) < 4.78 is 0. The van der Waals surface area contributed by atoms with Gasteiger partial charge >= 0.3 is 0 Å². The van der Waals surface area contributed by atoms with Crippen molar-refractivity contribution in [2.24, 2.45) is 0 Å². The van der Waals surface area contributed by atoms with Crippen LogP contribution in [0, 0.1) is 22.7 Å². The van der Waals surface area contributed by atoms with Crippen molar-refractivity contribution in [1.82, 2.24) is 0 Å². The fourth-order valence-corrected chi connectivity index (χ4v) is 1.46. The molecule has 0 aromatic heterocycles. The van der Waals surface area contributed by atoms with Gasteiger partial charge in [0.1, 0.15) is 5.75 Å². The van der Waals surface area contributed by atoms with Gasteiger partial charge in [-0.15, -0.1) is 0 Å². The summed E-state index contributed by atoms with van der Waals surface area (Å²) in [5.74, 6) is 0.0182. The zero-order chi connectivity index (χ0) is 14.1. The molecule has 1 N–H and O–H groups in total. The number of carbonyl (C=O) groups excluding carboxylic acids is 1. The standard InChI is InChI=1S/C13H10O2.C2N2/c14-9-12-8-11(6-7-13(12)15)10-4-2-1-3-5-10;3-1-2-4/h1-9,15H;. The van der Waals surface area contributed by atoms with Gasteiger partial charge in [-0.05, 0) is 23.3 Å². The molecule has 2 aromatic rings. The molecular weight excluding hydrogens is 240 g/mol. The predicted octanol–water partition coefficient (Wildman–Crippen LogP) is 2.91. The van der Waals surface area contributed by atoms with Crippen LogP contribution in [0.4, 0.5) is 0 Å². The van der Waals surface area contributed by atoms with Gasteiger partial charge in [0.05, 0.1) is 5.56 Å². The smallest absolute Gasteiger partial charge is 0.181 e. The molecule has 92 valence electrons. The Hall–Kier alpha value is -3.11.